The molecule has 3 rings (SSSR count). The molecule has 0 bridgehead atoms. The number of carbonyl (C=O) groups is 1. The predicted molar refractivity (Wildman–Crippen MR) is 114 cm³/mol. The lowest BCUT2D eigenvalue weighted by atomic mass is 10.1. The quantitative estimate of drug-likeness (QED) is 0.677. The lowest BCUT2D eigenvalue weighted by Gasteiger charge is -2.21. The Labute approximate surface area is 185 Å². The molecule has 1 amide bonds. The SMILES string of the molecule is COc1ccc(S(=O)(=O)N2CCCCCC2)cc1NC(=O)Cc1ccc(C(F)(F)F)cc1. The number of anilines is 1. The fourth-order valence-electron chi connectivity index (χ4n) is 3.57. The molecule has 1 saturated heterocycles. The van der Waals surface area contributed by atoms with Crippen molar-refractivity contribution in [3.63, 3.8) is 0 Å². The first-order chi connectivity index (χ1) is 15.1. The van der Waals surface area contributed by atoms with E-state index < -0.39 is 27.7 Å². The number of nitrogens with zero attached hydrogens (tertiary/aromatic N) is 1. The Balaban J connectivity index is 1.77. The zero-order chi connectivity index (χ0) is 23.4. The van der Waals surface area contributed by atoms with Gasteiger partial charge in [0.15, 0.2) is 0 Å². The smallest absolute Gasteiger partial charge is 0.416 e. The number of nitrogens with one attached hydrogen (secondary N) is 1. The Morgan fingerprint density at radius 1 is 1.03 bits per heavy atom. The van der Waals surface area contributed by atoms with Gasteiger partial charge < -0.3 is 10.1 Å². The van der Waals surface area contributed by atoms with Gasteiger partial charge >= 0.3 is 6.18 Å². The first-order valence-corrected chi connectivity index (χ1v) is 11.7. The van der Waals surface area contributed by atoms with E-state index in [2.05, 4.69) is 5.32 Å². The number of ether oxygens (including phenoxy) is 1. The molecule has 0 atom stereocenters. The van der Waals surface area contributed by atoms with Gasteiger partial charge in [-0.2, -0.15) is 17.5 Å². The Morgan fingerprint density at radius 3 is 2.22 bits per heavy atom. The van der Waals surface area contributed by atoms with E-state index in [4.69, 9.17) is 4.74 Å². The van der Waals surface area contributed by atoms with Crippen LogP contribution in [0, 0.1) is 0 Å². The molecule has 0 spiro atoms. The second-order valence-electron chi connectivity index (χ2n) is 7.60. The number of amides is 1. The van der Waals surface area contributed by atoms with Gasteiger partial charge in [0.25, 0.3) is 0 Å². The van der Waals surface area contributed by atoms with Crippen LogP contribution >= 0.6 is 0 Å². The topological polar surface area (TPSA) is 75.7 Å². The Kier molecular flexibility index (Phi) is 7.45. The monoisotopic (exact) mass is 470 g/mol. The van der Waals surface area contributed by atoms with Gasteiger partial charge in [0, 0.05) is 13.1 Å². The molecule has 0 aliphatic carbocycles. The molecule has 0 saturated carbocycles. The van der Waals surface area contributed by atoms with Crippen LogP contribution in [0.5, 0.6) is 5.75 Å². The van der Waals surface area contributed by atoms with Crippen molar-refractivity contribution in [2.45, 2.75) is 43.2 Å². The summed E-state index contributed by atoms with van der Waals surface area (Å²) < 4.78 is 70.9. The van der Waals surface area contributed by atoms with Gasteiger partial charge in [-0.25, -0.2) is 8.42 Å². The number of carbonyl (C=O) groups excluding carboxylic acids is 1. The van der Waals surface area contributed by atoms with E-state index in [1.807, 2.05) is 0 Å². The van der Waals surface area contributed by atoms with Crippen LogP contribution in [-0.4, -0.2) is 38.8 Å². The molecule has 2 aromatic rings. The Morgan fingerprint density at radius 2 is 1.66 bits per heavy atom. The largest absolute Gasteiger partial charge is 0.495 e. The van der Waals surface area contributed by atoms with Crippen molar-refractivity contribution >= 4 is 21.6 Å². The number of hydrogen-bond acceptors (Lipinski definition) is 4. The van der Waals surface area contributed by atoms with Gasteiger partial charge in [0.05, 0.1) is 29.7 Å². The molecule has 0 aromatic heterocycles. The molecule has 2 aromatic carbocycles. The van der Waals surface area contributed by atoms with E-state index >= 15 is 0 Å². The molecule has 174 valence electrons. The number of alkyl halides is 3. The summed E-state index contributed by atoms with van der Waals surface area (Å²) in [6.07, 6.45) is -1.06. The van der Waals surface area contributed by atoms with Crippen LogP contribution in [0.1, 0.15) is 36.8 Å². The van der Waals surface area contributed by atoms with Crippen LogP contribution in [-0.2, 0) is 27.4 Å². The van der Waals surface area contributed by atoms with Crippen molar-refractivity contribution in [3.8, 4) is 5.75 Å². The molecule has 32 heavy (non-hydrogen) atoms. The third-order valence-electron chi connectivity index (χ3n) is 5.29. The van der Waals surface area contributed by atoms with Gasteiger partial charge in [-0.15, -0.1) is 0 Å². The van der Waals surface area contributed by atoms with Crippen molar-refractivity contribution in [1.29, 1.82) is 0 Å². The molecule has 1 aliphatic rings. The number of methoxy groups -OCH3 is 1. The maximum atomic E-state index is 13.1. The highest BCUT2D eigenvalue weighted by Crippen LogP contribution is 2.31. The summed E-state index contributed by atoms with van der Waals surface area (Å²) in [6.45, 7) is 0.897. The molecule has 0 unspecified atom stereocenters. The highest BCUT2D eigenvalue weighted by Gasteiger charge is 2.30. The fourth-order valence-corrected chi connectivity index (χ4v) is 5.11. The van der Waals surface area contributed by atoms with E-state index in [1.54, 1.807) is 0 Å². The molecular weight excluding hydrogens is 445 g/mol. The van der Waals surface area contributed by atoms with Gasteiger partial charge in [0.1, 0.15) is 5.75 Å². The third-order valence-corrected chi connectivity index (χ3v) is 7.19. The van der Waals surface area contributed by atoms with E-state index in [1.165, 1.54) is 41.7 Å². The summed E-state index contributed by atoms with van der Waals surface area (Å²) in [7, 11) is -2.33. The summed E-state index contributed by atoms with van der Waals surface area (Å²) in [5.41, 5.74) is -0.224. The van der Waals surface area contributed by atoms with Crippen LogP contribution in [0.15, 0.2) is 47.4 Å². The first-order valence-electron chi connectivity index (χ1n) is 10.3. The van der Waals surface area contributed by atoms with Crippen molar-refractivity contribution in [3.05, 3.63) is 53.6 Å². The van der Waals surface area contributed by atoms with E-state index in [0.29, 0.717) is 18.7 Å². The molecule has 6 nitrogen and oxygen atoms in total. The molecular formula is C22H25F3N2O4S. The Hall–Kier alpha value is -2.59. The third kappa shape index (κ3) is 5.80. The first kappa shape index (κ1) is 24.1. The number of sulfonamides is 1. The zero-order valence-electron chi connectivity index (χ0n) is 17.6. The van der Waals surface area contributed by atoms with E-state index in [0.717, 1.165) is 37.8 Å². The molecule has 1 heterocycles. The summed E-state index contributed by atoms with van der Waals surface area (Å²) in [5.74, 6) is -0.229. The van der Waals surface area contributed by atoms with Crippen molar-refractivity contribution in [2.24, 2.45) is 0 Å². The number of rotatable bonds is 6. The molecule has 1 N–H and O–H groups in total. The maximum absolute atomic E-state index is 13.1. The van der Waals surface area contributed by atoms with Gasteiger partial charge in [-0.05, 0) is 48.7 Å². The minimum atomic E-state index is -4.45. The number of halogens is 3. The van der Waals surface area contributed by atoms with Crippen LogP contribution in [0.25, 0.3) is 0 Å². The minimum Gasteiger partial charge on any atom is -0.495 e. The lowest BCUT2D eigenvalue weighted by molar-refractivity contribution is -0.137. The maximum Gasteiger partial charge on any atom is 0.416 e. The van der Waals surface area contributed by atoms with Crippen LogP contribution in [0.3, 0.4) is 0 Å². The standard InChI is InChI=1S/C22H25F3N2O4S/c1-31-20-11-10-18(32(29,30)27-12-4-2-3-5-13-27)15-19(20)26-21(28)14-16-6-8-17(9-7-16)22(23,24)25/h6-11,15H,2-5,12-14H2,1H3,(H,26,28). The van der Waals surface area contributed by atoms with Crippen LogP contribution in [0.2, 0.25) is 0 Å². The van der Waals surface area contributed by atoms with Gasteiger partial charge in [-0.3, -0.25) is 4.79 Å². The predicted octanol–water partition coefficient (Wildman–Crippen LogP) is 4.46. The highest BCUT2D eigenvalue weighted by molar-refractivity contribution is 7.89. The molecule has 1 fully saturated rings. The lowest BCUT2D eigenvalue weighted by Crippen LogP contribution is -2.32. The summed E-state index contributed by atoms with van der Waals surface area (Å²) in [4.78, 5) is 12.5. The van der Waals surface area contributed by atoms with Crippen molar-refractivity contribution < 1.29 is 31.1 Å². The molecule has 1 aliphatic heterocycles. The van der Waals surface area contributed by atoms with Crippen molar-refractivity contribution in [2.75, 3.05) is 25.5 Å². The van der Waals surface area contributed by atoms with Gasteiger partial charge in [0.2, 0.25) is 15.9 Å². The highest BCUT2D eigenvalue weighted by atomic mass is 32.2. The van der Waals surface area contributed by atoms with Crippen LogP contribution in [0.4, 0.5) is 18.9 Å². The van der Waals surface area contributed by atoms with Crippen molar-refractivity contribution in [1.82, 2.24) is 4.31 Å². The van der Waals surface area contributed by atoms with Crippen LogP contribution < -0.4 is 10.1 Å². The average Bonchev–Trinajstić information content (AvgIpc) is 3.03. The summed E-state index contributed by atoms with van der Waals surface area (Å²) >= 11 is 0. The average molecular weight is 471 g/mol. The second-order valence-corrected chi connectivity index (χ2v) is 9.54. The molecule has 10 heteroatoms. The minimum absolute atomic E-state index is 0.0463. The normalized spacial score (nSPS) is 15.8. The number of hydrogen-bond donors (Lipinski definition) is 1. The number of benzene rings is 2. The van der Waals surface area contributed by atoms with Gasteiger partial charge in [-0.1, -0.05) is 25.0 Å². The summed E-state index contributed by atoms with van der Waals surface area (Å²) in [5, 5.41) is 2.61. The second kappa shape index (κ2) is 9.91. The van der Waals surface area contributed by atoms with E-state index in [9.17, 15) is 26.4 Å². The fraction of sp³-hybridized carbons (Fsp3) is 0.409. The Bertz CT molecular complexity index is 1050. The zero-order valence-corrected chi connectivity index (χ0v) is 18.4. The summed E-state index contributed by atoms with van der Waals surface area (Å²) in [6, 6.07) is 8.56. The molecule has 0 radical (unpaired) electrons. The van der Waals surface area contributed by atoms with E-state index in [-0.39, 0.29) is 22.8 Å².